The van der Waals surface area contributed by atoms with E-state index in [9.17, 15) is 4.79 Å². The average Bonchev–Trinajstić information content (AvgIpc) is 2.26. The Morgan fingerprint density at radius 3 is 2.43 bits per heavy atom. The Morgan fingerprint density at radius 2 is 1.93 bits per heavy atom. The van der Waals surface area contributed by atoms with Gasteiger partial charge in [-0.3, -0.25) is 4.79 Å². The second kappa shape index (κ2) is 5.97. The minimum atomic E-state index is 0.219. The molecule has 0 atom stereocenters. The van der Waals surface area contributed by atoms with E-state index in [2.05, 4.69) is 15.9 Å². The van der Waals surface area contributed by atoms with Crippen molar-refractivity contribution in [3.8, 4) is 0 Å². The molecule has 0 aliphatic carbocycles. The first-order valence-corrected chi connectivity index (χ1v) is 6.08. The van der Waals surface area contributed by atoms with E-state index in [0.29, 0.717) is 6.42 Å². The van der Waals surface area contributed by atoms with Crippen molar-refractivity contribution >= 4 is 21.7 Å². The number of Topliss-reactive ketones (excluding diaryl/α,β-unsaturated/α-hetero) is 1. The number of benzene rings is 1. The van der Waals surface area contributed by atoms with E-state index < -0.39 is 0 Å². The van der Waals surface area contributed by atoms with Crippen LogP contribution in [0.25, 0.3) is 0 Å². The molecular formula is C12H15BrO. The lowest BCUT2D eigenvalue weighted by Crippen LogP contribution is -1.96. The number of carbonyl (C=O) groups is 1. The number of ketones is 1. The molecule has 0 heterocycles. The first-order valence-electron chi connectivity index (χ1n) is 4.96. The lowest BCUT2D eigenvalue weighted by Gasteiger charge is -2.01. The van der Waals surface area contributed by atoms with Crippen LogP contribution in [0.4, 0.5) is 0 Å². The predicted molar refractivity (Wildman–Crippen MR) is 63.2 cm³/mol. The van der Waals surface area contributed by atoms with Gasteiger partial charge in [0, 0.05) is 17.3 Å². The minimum absolute atomic E-state index is 0.219. The third-order valence-corrected chi connectivity index (χ3v) is 2.76. The van der Waals surface area contributed by atoms with Crippen LogP contribution in [0.5, 0.6) is 0 Å². The third-order valence-electron chi connectivity index (χ3n) is 2.20. The summed E-state index contributed by atoms with van der Waals surface area (Å²) in [7, 11) is 0. The molecule has 1 rings (SSSR count). The largest absolute Gasteiger partial charge is 0.294 e. The van der Waals surface area contributed by atoms with Gasteiger partial charge in [-0.2, -0.15) is 0 Å². The van der Waals surface area contributed by atoms with Crippen molar-refractivity contribution in [3.63, 3.8) is 0 Å². The van der Waals surface area contributed by atoms with Crippen molar-refractivity contribution in [1.29, 1.82) is 0 Å². The summed E-state index contributed by atoms with van der Waals surface area (Å²) in [4.78, 5) is 11.3. The van der Waals surface area contributed by atoms with Crippen molar-refractivity contribution in [1.82, 2.24) is 0 Å². The molecule has 0 amide bonds. The summed E-state index contributed by atoms with van der Waals surface area (Å²) in [6.45, 7) is 1.89. The van der Waals surface area contributed by atoms with Crippen molar-refractivity contribution in [3.05, 3.63) is 35.4 Å². The zero-order valence-corrected chi connectivity index (χ0v) is 10.0. The Morgan fingerprint density at radius 1 is 1.29 bits per heavy atom. The number of carbonyl (C=O) groups excluding carboxylic acids is 1. The zero-order valence-electron chi connectivity index (χ0n) is 8.42. The highest BCUT2D eigenvalue weighted by Gasteiger charge is 2.01. The second-order valence-corrected chi connectivity index (χ2v) is 4.06. The zero-order chi connectivity index (χ0) is 10.4. The van der Waals surface area contributed by atoms with Gasteiger partial charge >= 0.3 is 0 Å². The molecule has 1 aromatic rings. The molecule has 0 aliphatic heterocycles. The summed E-state index contributed by atoms with van der Waals surface area (Å²) < 4.78 is 0. The summed E-state index contributed by atoms with van der Waals surface area (Å²) in [5.41, 5.74) is 2.13. The second-order valence-electron chi connectivity index (χ2n) is 3.27. The number of hydrogen-bond acceptors (Lipinski definition) is 1. The number of aryl methyl sites for hydroxylation is 1. The van der Waals surface area contributed by atoms with Gasteiger partial charge in [0.05, 0.1) is 0 Å². The number of alkyl halides is 1. The van der Waals surface area contributed by atoms with Crippen molar-refractivity contribution in [2.24, 2.45) is 0 Å². The fourth-order valence-corrected chi connectivity index (χ4v) is 1.61. The summed E-state index contributed by atoms with van der Waals surface area (Å²) in [5.74, 6) is 0.219. The van der Waals surface area contributed by atoms with Crippen LogP contribution in [0.3, 0.4) is 0 Å². The van der Waals surface area contributed by atoms with Gasteiger partial charge in [-0.25, -0.2) is 0 Å². The number of rotatable bonds is 5. The van der Waals surface area contributed by atoms with Gasteiger partial charge in [-0.1, -0.05) is 47.1 Å². The molecule has 0 bridgehead atoms. The molecule has 0 unspecified atom stereocenters. The summed E-state index contributed by atoms with van der Waals surface area (Å²) >= 11 is 3.40. The average molecular weight is 255 g/mol. The topological polar surface area (TPSA) is 17.1 Å². The Hall–Kier alpha value is -0.630. The van der Waals surface area contributed by atoms with Crippen molar-refractivity contribution < 1.29 is 4.79 Å². The lowest BCUT2D eigenvalue weighted by atomic mass is 10.0. The van der Waals surface area contributed by atoms with Gasteiger partial charge in [-0.05, 0) is 18.4 Å². The normalized spacial score (nSPS) is 10.1. The van der Waals surface area contributed by atoms with E-state index in [0.717, 1.165) is 23.7 Å². The van der Waals surface area contributed by atoms with Gasteiger partial charge in [0.25, 0.3) is 0 Å². The molecule has 1 aromatic carbocycles. The van der Waals surface area contributed by atoms with Crippen LogP contribution in [0.15, 0.2) is 24.3 Å². The Labute approximate surface area is 93.7 Å². The van der Waals surface area contributed by atoms with Crippen molar-refractivity contribution in [2.75, 3.05) is 5.33 Å². The van der Waals surface area contributed by atoms with Crippen LogP contribution in [0.1, 0.15) is 35.7 Å². The van der Waals surface area contributed by atoms with Gasteiger partial charge in [0.1, 0.15) is 0 Å². The highest BCUT2D eigenvalue weighted by Crippen LogP contribution is 2.09. The molecule has 0 fully saturated rings. The quantitative estimate of drug-likeness (QED) is 0.580. The van der Waals surface area contributed by atoms with Crippen LogP contribution < -0.4 is 0 Å². The molecule has 0 aliphatic rings. The van der Waals surface area contributed by atoms with E-state index in [4.69, 9.17) is 0 Å². The smallest absolute Gasteiger partial charge is 0.162 e. The molecule has 1 nitrogen and oxygen atoms in total. The Bertz CT molecular complexity index is 290. The maximum atomic E-state index is 11.3. The summed E-state index contributed by atoms with van der Waals surface area (Å²) in [6.07, 6.45) is 2.80. The van der Waals surface area contributed by atoms with Crippen LogP contribution in [-0.2, 0) is 6.42 Å². The minimum Gasteiger partial charge on any atom is -0.294 e. The van der Waals surface area contributed by atoms with Gasteiger partial charge in [-0.15, -0.1) is 0 Å². The van der Waals surface area contributed by atoms with E-state index in [1.54, 1.807) is 0 Å². The number of hydrogen-bond donors (Lipinski definition) is 0. The Balaban J connectivity index is 2.63. The maximum absolute atomic E-state index is 11.3. The summed E-state index contributed by atoms with van der Waals surface area (Å²) in [6, 6.07) is 7.95. The maximum Gasteiger partial charge on any atom is 0.162 e. The first kappa shape index (κ1) is 11.4. The highest BCUT2D eigenvalue weighted by atomic mass is 79.9. The molecular weight excluding hydrogens is 240 g/mol. The third kappa shape index (κ3) is 3.26. The predicted octanol–water partition coefficient (Wildman–Crippen LogP) is 3.61. The van der Waals surface area contributed by atoms with Gasteiger partial charge < -0.3 is 0 Å². The van der Waals surface area contributed by atoms with Crippen LogP contribution in [-0.4, -0.2) is 11.1 Å². The lowest BCUT2D eigenvalue weighted by molar-refractivity contribution is 0.0988. The SMILES string of the molecule is CCC(=O)c1ccc(CCCBr)cc1. The molecule has 0 N–H and O–H groups in total. The standard InChI is InChI=1S/C12H15BrO/c1-2-12(14)11-7-5-10(6-8-11)4-3-9-13/h5-8H,2-4,9H2,1H3. The van der Waals surface area contributed by atoms with Crippen LogP contribution in [0, 0.1) is 0 Å². The molecule has 0 saturated heterocycles. The molecule has 76 valence electrons. The molecule has 0 saturated carbocycles. The van der Waals surface area contributed by atoms with Crippen molar-refractivity contribution in [2.45, 2.75) is 26.2 Å². The Kier molecular flexibility index (Phi) is 4.88. The van der Waals surface area contributed by atoms with E-state index in [1.165, 1.54) is 5.56 Å². The molecule has 2 heteroatoms. The van der Waals surface area contributed by atoms with Crippen LogP contribution >= 0.6 is 15.9 Å². The van der Waals surface area contributed by atoms with E-state index in [-0.39, 0.29) is 5.78 Å². The monoisotopic (exact) mass is 254 g/mol. The fourth-order valence-electron chi connectivity index (χ4n) is 1.33. The van der Waals surface area contributed by atoms with Gasteiger partial charge in [0.15, 0.2) is 5.78 Å². The van der Waals surface area contributed by atoms with E-state index in [1.807, 2.05) is 31.2 Å². The highest BCUT2D eigenvalue weighted by molar-refractivity contribution is 9.09. The first-order chi connectivity index (χ1) is 6.77. The molecule has 0 radical (unpaired) electrons. The number of halogens is 1. The van der Waals surface area contributed by atoms with E-state index >= 15 is 0 Å². The molecule has 14 heavy (non-hydrogen) atoms. The van der Waals surface area contributed by atoms with Crippen LogP contribution in [0.2, 0.25) is 0 Å². The fraction of sp³-hybridized carbons (Fsp3) is 0.417. The van der Waals surface area contributed by atoms with Gasteiger partial charge in [0.2, 0.25) is 0 Å². The summed E-state index contributed by atoms with van der Waals surface area (Å²) in [5, 5.41) is 1.03. The molecule has 0 spiro atoms. The molecule has 0 aromatic heterocycles.